The number of hydrogen-bond donors (Lipinski definition) is 0. The molecule has 2 aliphatic heterocycles. The van der Waals surface area contributed by atoms with Crippen molar-refractivity contribution >= 4 is 26.8 Å². The first-order valence-electron chi connectivity index (χ1n) is 12.4. The highest BCUT2D eigenvalue weighted by Crippen LogP contribution is 2.39. The molecule has 2 fully saturated rings. The molecule has 1 aromatic heterocycles. The second kappa shape index (κ2) is 9.96. The van der Waals surface area contributed by atoms with Gasteiger partial charge in [-0.15, -0.1) is 0 Å². The summed E-state index contributed by atoms with van der Waals surface area (Å²) < 4.78 is 98.0. The SMILES string of the molecule is Cc1c(C2CCN(S(=O)(=O)c3c(F)c(F)c(F)c(F)c3F)CC2)c2ccccc2n1CC(=O)N1CCCC1. The number of hydrogen-bond acceptors (Lipinski definition) is 3. The lowest BCUT2D eigenvalue weighted by Gasteiger charge is -2.32. The van der Waals surface area contributed by atoms with Crippen LogP contribution in [0.1, 0.15) is 42.9 Å². The minimum absolute atomic E-state index is 0.0293. The van der Waals surface area contributed by atoms with Gasteiger partial charge in [0.2, 0.25) is 21.7 Å². The lowest BCUT2D eigenvalue weighted by Crippen LogP contribution is -2.39. The maximum atomic E-state index is 14.3. The Balaban J connectivity index is 1.42. The number of rotatable bonds is 5. The molecule has 0 atom stereocenters. The molecular weight excluding hydrogens is 529 g/mol. The summed E-state index contributed by atoms with van der Waals surface area (Å²) in [5.41, 5.74) is 2.71. The van der Waals surface area contributed by atoms with Crippen LogP contribution in [0.4, 0.5) is 22.0 Å². The number of likely N-dealkylation sites (tertiary alicyclic amines) is 1. The van der Waals surface area contributed by atoms with E-state index in [0.717, 1.165) is 52.4 Å². The third-order valence-corrected chi connectivity index (χ3v) is 9.58. The number of sulfonamides is 1. The molecule has 0 radical (unpaired) electrons. The molecule has 0 unspecified atom stereocenters. The number of para-hydroxylation sites is 1. The zero-order valence-corrected chi connectivity index (χ0v) is 21.4. The van der Waals surface area contributed by atoms with Gasteiger partial charge in [0, 0.05) is 42.8 Å². The largest absolute Gasteiger partial charge is 0.341 e. The zero-order valence-electron chi connectivity index (χ0n) is 20.6. The van der Waals surface area contributed by atoms with Gasteiger partial charge in [0.1, 0.15) is 6.54 Å². The monoisotopic (exact) mass is 555 g/mol. The normalized spacial score (nSPS) is 17.6. The van der Waals surface area contributed by atoms with E-state index in [9.17, 15) is 35.2 Å². The molecule has 0 N–H and O–H groups in total. The lowest BCUT2D eigenvalue weighted by atomic mass is 9.88. The second-order valence-corrected chi connectivity index (χ2v) is 11.6. The van der Waals surface area contributed by atoms with E-state index in [4.69, 9.17) is 0 Å². The highest BCUT2D eigenvalue weighted by molar-refractivity contribution is 7.89. The summed E-state index contributed by atoms with van der Waals surface area (Å²) in [6.07, 6.45) is 2.50. The Hall–Kier alpha value is -2.99. The molecule has 2 aliphatic rings. The molecule has 204 valence electrons. The Morgan fingerprint density at radius 1 is 0.868 bits per heavy atom. The van der Waals surface area contributed by atoms with Gasteiger partial charge < -0.3 is 9.47 Å². The van der Waals surface area contributed by atoms with Crippen LogP contribution >= 0.6 is 0 Å². The molecule has 1 amide bonds. The predicted molar refractivity (Wildman–Crippen MR) is 129 cm³/mol. The van der Waals surface area contributed by atoms with Gasteiger partial charge in [-0.05, 0) is 50.2 Å². The fourth-order valence-electron chi connectivity index (χ4n) is 5.70. The first-order valence-corrected chi connectivity index (χ1v) is 13.8. The number of aromatic nitrogens is 1. The van der Waals surface area contributed by atoms with E-state index in [-0.39, 0.29) is 44.3 Å². The van der Waals surface area contributed by atoms with Crippen LogP contribution in [-0.4, -0.2) is 54.3 Å². The summed E-state index contributed by atoms with van der Waals surface area (Å²) in [7, 11) is -4.98. The van der Waals surface area contributed by atoms with Crippen molar-refractivity contribution in [3.63, 3.8) is 0 Å². The van der Waals surface area contributed by atoms with Crippen LogP contribution < -0.4 is 0 Å². The van der Waals surface area contributed by atoms with E-state index in [2.05, 4.69) is 0 Å². The van der Waals surface area contributed by atoms with Gasteiger partial charge in [-0.25, -0.2) is 30.4 Å². The van der Waals surface area contributed by atoms with E-state index < -0.39 is 44.0 Å². The third-order valence-electron chi connectivity index (χ3n) is 7.66. The molecule has 3 heterocycles. The Labute approximate surface area is 216 Å². The summed E-state index contributed by atoms with van der Waals surface area (Å²) in [4.78, 5) is 12.9. The number of carbonyl (C=O) groups is 1. The van der Waals surface area contributed by atoms with Gasteiger partial charge in [0.15, 0.2) is 28.2 Å². The Morgan fingerprint density at radius 2 is 1.42 bits per heavy atom. The fourth-order valence-corrected chi connectivity index (χ4v) is 7.29. The van der Waals surface area contributed by atoms with Crippen molar-refractivity contribution < 1.29 is 35.2 Å². The van der Waals surface area contributed by atoms with E-state index in [1.54, 1.807) is 0 Å². The zero-order chi connectivity index (χ0) is 27.4. The summed E-state index contributed by atoms with van der Waals surface area (Å²) in [6.45, 7) is 3.22. The Morgan fingerprint density at radius 3 is 2.03 bits per heavy atom. The first kappa shape index (κ1) is 26.6. The van der Waals surface area contributed by atoms with Crippen LogP contribution in [0, 0.1) is 36.0 Å². The smallest absolute Gasteiger partial charge is 0.249 e. The molecule has 0 aliphatic carbocycles. The van der Waals surface area contributed by atoms with Gasteiger partial charge in [0.25, 0.3) is 0 Å². The molecule has 2 aromatic carbocycles. The topological polar surface area (TPSA) is 62.6 Å². The Kier molecular flexibility index (Phi) is 6.97. The van der Waals surface area contributed by atoms with Crippen LogP contribution in [-0.2, 0) is 21.4 Å². The highest BCUT2D eigenvalue weighted by Gasteiger charge is 2.39. The van der Waals surface area contributed by atoms with Crippen molar-refractivity contribution in [2.45, 2.75) is 50.0 Å². The number of amides is 1. The van der Waals surface area contributed by atoms with Crippen LogP contribution in [0.5, 0.6) is 0 Å². The lowest BCUT2D eigenvalue weighted by molar-refractivity contribution is -0.130. The Bertz CT molecular complexity index is 1500. The van der Waals surface area contributed by atoms with E-state index >= 15 is 0 Å². The van der Waals surface area contributed by atoms with E-state index in [1.807, 2.05) is 40.7 Å². The van der Waals surface area contributed by atoms with Gasteiger partial charge in [-0.2, -0.15) is 4.31 Å². The van der Waals surface area contributed by atoms with Crippen LogP contribution in [0.3, 0.4) is 0 Å². The molecule has 5 rings (SSSR count). The van der Waals surface area contributed by atoms with Crippen molar-refractivity contribution in [1.82, 2.24) is 13.8 Å². The van der Waals surface area contributed by atoms with Gasteiger partial charge in [0.05, 0.1) is 0 Å². The molecule has 12 heteroatoms. The fraction of sp³-hybridized carbons (Fsp3) is 0.423. The maximum Gasteiger partial charge on any atom is 0.249 e. The molecule has 0 bridgehead atoms. The number of nitrogens with zero attached hydrogens (tertiary/aromatic N) is 3. The summed E-state index contributed by atoms with van der Waals surface area (Å²) in [5, 5.41) is 0.931. The average molecular weight is 556 g/mol. The van der Waals surface area contributed by atoms with E-state index in [0.29, 0.717) is 0 Å². The molecule has 0 spiro atoms. The number of benzene rings is 2. The van der Waals surface area contributed by atoms with Gasteiger partial charge in [-0.3, -0.25) is 4.79 Å². The first-order chi connectivity index (χ1) is 18.0. The van der Waals surface area contributed by atoms with E-state index in [1.165, 1.54) is 0 Å². The summed E-state index contributed by atoms with van der Waals surface area (Å²) >= 11 is 0. The van der Waals surface area contributed by atoms with Gasteiger partial charge >= 0.3 is 0 Å². The molecule has 0 saturated carbocycles. The average Bonchev–Trinajstić information content (AvgIpc) is 3.54. The van der Waals surface area contributed by atoms with Crippen molar-refractivity contribution in [3.8, 4) is 0 Å². The second-order valence-electron chi connectivity index (χ2n) is 9.77. The maximum absolute atomic E-state index is 14.3. The predicted octanol–water partition coefficient (Wildman–Crippen LogP) is 4.84. The molecule has 38 heavy (non-hydrogen) atoms. The van der Waals surface area contributed by atoms with Crippen LogP contribution in [0.25, 0.3) is 10.9 Å². The summed E-state index contributed by atoms with van der Waals surface area (Å²) in [5.74, 6) is -11.9. The third kappa shape index (κ3) is 4.27. The van der Waals surface area contributed by atoms with Crippen molar-refractivity contribution in [2.24, 2.45) is 0 Å². The van der Waals surface area contributed by atoms with Crippen molar-refractivity contribution in [2.75, 3.05) is 26.2 Å². The molecule has 2 saturated heterocycles. The quantitative estimate of drug-likeness (QED) is 0.257. The number of piperidine rings is 1. The highest BCUT2D eigenvalue weighted by atomic mass is 32.2. The summed E-state index contributed by atoms with van der Waals surface area (Å²) in [6, 6.07) is 7.61. The van der Waals surface area contributed by atoms with Crippen molar-refractivity contribution in [3.05, 3.63) is 64.6 Å². The van der Waals surface area contributed by atoms with Crippen LogP contribution in [0.15, 0.2) is 29.2 Å². The minimum atomic E-state index is -4.98. The number of halogens is 5. The molecule has 6 nitrogen and oxygen atoms in total. The van der Waals surface area contributed by atoms with Gasteiger partial charge in [-0.1, -0.05) is 18.2 Å². The molecule has 3 aromatic rings. The minimum Gasteiger partial charge on any atom is -0.341 e. The molecular formula is C26H26F5N3O3S. The standard InChI is InChI=1S/C26H26F5N3O3S/c1-15-20(17-6-2-3-7-18(17)34(15)14-19(35)32-10-4-5-11-32)16-8-12-33(13-9-16)38(36,37)26-24(30)22(28)21(27)23(29)25(26)31/h2-3,6-7,16H,4-5,8-14H2,1H3. The number of fused-ring (bicyclic) bond motifs is 1. The number of carbonyl (C=O) groups excluding carboxylic acids is 1. The van der Waals surface area contributed by atoms with Crippen molar-refractivity contribution in [1.29, 1.82) is 0 Å². The van der Waals surface area contributed by atoms with Crippen LogP contribution in [0.2, 0.25) is 0 Å².